The van der Waals surface area contributed by atoms with Crippen molar-refractivity contribution in [2.75, 3.05) is 6.61 Å². The first-order valence-electron chi connectivity index (χ1n) is 8.05. The molecule has 1 fully saturated rings. The van der Waals surface area contributed by atoms with Gasteiger partial charge in [-0.1, -0.05) is 6.08 Å². The van der Waals surface area contributed by atoms with Crippen molar-refractivity contribution in [1.29, 1.82) is 0 Å². The number of cyclic esters (lactones) is 1. The highest BCUT2D eigenvalue weighted by Gasteiger charge is 2.51. The van der Waals surface area contributed by atoms with Gasteiger partial charge in [0.05, 0.1) is 12.9 Å². The van der Waals surface area contributed by atoms with Crippen LogP contribution in [0, 0.1) is 0 Å². The summed E-state index contributed by atoms with van der Waals surface area (Å²) in [7, 11) is 0. The molecule has 0 aromatic carbocycles. The van der Waals surface area contributed by atoms with Gasteiger partial charge in [0.2, 0.25) is 5.88 Å². The van der Waals surface area contributed by atoms with E-state index in [0.717, 1.165) is 0 Å². The molecule has 0 saturated carbocycles. The molecule has 1 N–H and O–H groups in total. The maximum absolute atomic E-state index is 11.8. The minimum Gasteiger partial charge on any atom is -0.492 e. The molecule has 2 aliphatic heterocycles. The zero-order valence-electron chi connectivity index (χ0n) is 14.4. The number of esters is 1. The largest absolute Gasteiger partial charge is 0.492 e. The number of nitrogens with zero attached hydrogens (tertiary/aromatic N) is 4. The van der Waals surface area contributed by atoms with Crippen molar-refractivity contribution in [3.63, 3.8) is 0 Å². The number of aromatic hydroxyl groups is 1. The molecule has 4 heterocycles. The van der Waals surface area contributed by atoms with E-state index < -0.39 is 23.8 Å². The summed E-state index contributed by atoms with van der Waals surface area (Å²) in [6, 6.07) is 0. The molecule has 0 aliphatic carbocycles. The number of aromatic nitrogens is 4. The number of imidazole rings is 1. The molecular formula is C16H18N4O6. The summed E-state index contributed by atoms with van der Waals surface area (Å²) in [4.78, 5) is 23.7. The molecule has 10 nitrogen and oxygen atoms in total. The fourth-order valence-electron chi connectivity index (χ4n) is 2.88. The van der Waals surface area contributed by atoms with Gasteiger partial charge in [-0.3, -0.25) is 9.30 Å². The average molecular weight is 362 g/mol. The van der Waals surface area contributed by atoms with Gasteiger partial charge in [0.15, 0.2) is 23.0 Å². The van der Waals surface area contributed by atoms with E-state index in [1.54, 1.807) is 25.3 Å². The van der Waals surface area contributed by atoms with E-state index in [1.807, 2.05) is 12.2 Å². The van der Waals surface area contributed by atoms with Crippen LogP contribution in [0.4, 0.5) is 0 Å². The molecule has 26 heavy (non-hydrogen) atoms. The minimum absolute atomic E-state index is 0.125. The van der Waals surface area contributed by atoms with Crippen molar-refractivity contribution in [3.8, 4) is 5.88 Å². The Labute approximate surface area is 148 Å². The second-order valence-electron chi connectivity index (χ2n) is 6.65. The van der Waals surface area contributed by atoms with Crippen LogP contribution in [0.15, 0.2) is 24.8 Å². The molecule has 1 unspecified atom stereocenters. The van der Waals surface area contributed by atoms with Crippen LogP contribution < -0.4 is 0 Å². The molecule has 138 valence electrons. The second kappa shape index (κ2) is 5.73. The van der Waals surface area contributed by atoms with Gasteiger partial charge in [0.25, 0.3) is 0 Å². The van der Waals surface area contributed by atoms with E-state index in [1.165, 1.54) is 12.7 Å². The van der Waals surface area contributed by atoms with Crippen LogP contribution in [-0.2, 0) is 23.7 Å². The first kappa shape index (κ1) is 16.9. The van der Waals surface area contributed by atoms with Gasteiger partial charge in [-0.05, 0) is 19.9 Å². The van der Waals surface area contributed by atoms with Gasteiger partial charge in [-0.15, -0.1) is 0 Å². The minimum atomic E-state index is -1.45. The molecule has 0 bridgehead atoms. The van der Waals surface area contributed by atoms with Gasteiger partial charge in [-0.25, -0.2) is 14.8 Å². The molecule has 2 aromatic rings. The van der Waals surface area contributed by atoms with Crippen LogP contribution in [-0.4, -0.2) is 54.9 Å². The van der Waals surface area contributed by atoms with E-state index >= 15 is 0 Å². The lowest BCUT2D eigenvalue weighted by molar-refractivity contribution is -0.333. The molecule has 10 heteroatoms. The Hall–Kier alpha value is -2.56. The highest BCUT2D eigenvalue weighted by molar-refractivity contribution is 5.80. The molecule has 3 atom stereocenters. The van der Waals surface area contributed by atoms with Crippen LogP contribution in [0.25, 0.3) is 11.2 Å². The molecule has 1 saturated heterocycles. The van der Waals surface area contributed by atoms with Crippen LogP contribution >= 0.6 is 0 Å². The predicted octanol–water partition coefficient (Wildman–Crippen LogP) is 1.03. The maximum Gasteiger partial charge on any atom is 0.342 e. The third kappa shape index (κ3) is 2.81. The Morgan fingerprint density at radius 2 is 2.08 bits per heavy atom. The average Bonchev–Trinajstić information content (AvgIpc) is 3.23. The molecule has 2 aliphatic rings. The van der Waals surface area contributed by atoms with Crippen molar-refractivity contribution >= 4 is 17.1 Å². The Morgan fingerprint density at radius 1 is 1.27 bits per heavy atom. The summed E-state index contributed by atoms with van der Waals surface area (Å²) >= 11 is 0. The summed E-state index contributed by atoms with van der Waals surface area (Å²) in [6.45, 7) is 4.90. The highest BCUT2D eigenvalue weighted by Crippen LogP contribution is 2.34. The number of hydrogen-bond acceptors (Lipinski definition) is 9. The van der Waals surface area contributed by atoms with Crippen LogP contribution in [0.5, 0.6) is 5.88 Å². The fraction of sp³-hybridized carbons (Fsp3) is 0.500. The van der Waals surface area contributed by atoms with Gasteiger partial charge in [-0.2, -0.15) is 4.98 Å². The summed E-state index contributed by atoms with van der Waals surface area (Å²) < 4.78 is 23.9. The third-order valence-corrected chi connectivity index (χ3v) is 4.14. The number of carbonyl (C=O) groups is 1. The van der Waals surface area contributed by atoms with Gasteiger partial charge >= 0.3 is 11.9 Å². The molecular weight excluding hydrogens is 344 g/mol. The number of fused-ring (bicyclic) bond motifs is 1. The number of hydrogen-bond donors (Lipinski definition) is 1. The standard InChI is InChI=1S/C16H18N4O6/c1-15(2)14(22)25-16(3,26-15)23-6-9-4-5-10(24-9)20-8-19-11-12(20)17-7-18-13(11)21/h4-5,7-10H,6H2,1-3H3,(H,17,18,21)/t9-,10+,16?/m0/s1. The maximum atomic E-state index is 11.8. The third-order valence-electron chi connectivity index (χ3n) is 4.14. The predicted molar refractivity (Wildman–Crippen MR) is 85.7 cm³/mol. The van der Waals surface area contributed by atoms with Crippen molar-refractivity contribution in [2.24, 2.45) is 0 Å². The molecule has 4 rings (SSSR count). The quantitative estimate of drug-likeness (QED) is 0.628. The number of rotatable bonds is 4. The van der Waals surface area contributed by atoms with Gasteiger partial charge < -0.3 is 19.3 Å². The highest BCUT2D eigenvalue weighted by atomic mass is 16.9. The zero-order valence-corrected chi connectivity index (χ0v) is 14.4. The Bertz CT molecular complexity index is 894. The second-order valence-corrected chi connectivity index (χ2v) is 6.65. The SMILES string of the molecule is CC1(OC[C@@H]2C=C[C@H](n3cnc4c(O)ncnc43)O2)OC(=O)C(C)(C)O1. The van der Waals surface area contributed by atoms with E-state index in [9.17, 15) is 9.90 Å². The monoisotopic (exact) mass is 362 g/mol. The zero-order chi connectivity index (χ0) is 18.5. The van der Waals surface area contributed by atoms with Crippen molar-refractivity contribution < 1.29 is 28.8 Å². The van der Waals surface area contributed by atoms with Crippen molar-refractivity contribution in [1.82, 2.24) is 19.5 Å². The molecule has 2 aromatic heterocycles. The fourth-order valence-corrected chi connectivity index (χ4v) is 2.88. The molecule has 0 spiro atoms. The topological polar surface area (TPSA) is 118 Å². The van der Waals surface area contributed by atoms with E-state index in [4.69, 9.17) is 18.9 Å². The lowest BCUT2D eigenvalue weighted by atomic mass is 10.1. The summed E-state index contributed by atoms with van der Waals surface area (Å²) in [5.41, 5.74) is -0.304. The van der Waals surface area contributed by atoms with Crippen LogP contribution in [0.1, 0.15) is 27.0 Å². The van der Waals surface area contributed by atoms with E-state index in [-0.39, 0.29) is 18.6 Å². The van der Waals surface area contributed by atoms with Gasteiger partial charge in [0, 0.05) is 6.92 Å². The summed E-state index contributed by atoms with van der Waals surface area (Å²) in [5.74, 6) is -2.12. The number of carbonyl (C=O) groups excluding carboxylic acids is 1. The summed E-state index contributed by atoms with van der Waals surface area (Å²) in [5, 5.41) is 9.72. The van der Waals surface area contributed by atoms with Gasteiger partial charge in [0.1, 0.15) is 12.4 Å². The first-order chi connectivity index (χ1) is 12.3. The first-order valence-corrected chi connectivity index (χ1v) is 8.05. The summed E-state index contributed by atoms with van der Waals surface area (Å²) in [6.07, 6.45) is 5.58. The Morgan fingerprint density at radius 3 is 2.81 bits per heavy atom. The van der Waals surface area contributed by atoms with Crippen molar-refractivity contribution in [3.05, 3.63) is 24.8 Å². The Kier molecular flexibility index (Phi) is 3.72. The normalized spacial score (nSPS) is 30.2. The van der Waals surface area contributed by atoms with Crippen molar-refractivity contribution in [2.45, 2.75) is 44.7 Å². The Balaban J connectivity index is 1.41. The van der Waals surface area contributed by atoms with Crippen LogP contribution in [0.3, 0.4) is 0 Å². The van der Waals surface area contributed by atoms with E-state index in [0.29, 0.717) is 11.2 Å². The molecule has 0 radical (unpaired) electrons. The van der Waals surface area contributed by atoms with E-state index in [2.05, 4.69) is 15.0 Å². The van der Waals surface area contributed by atoms with Crippen LogP contribution in [0.2, 0.25) is 0 Å². The lowest BCUT2D eigenvalue weighted by Gasteiger charge is -2.25. The number of ether oxygens (including phenoxy) is 4. The lowest BCUT2D eigenvalue weighted by Crippen LogP contribution is -2.35. The molecule has 0 amide bonds. The smallest absolute Gasteiger partial charge is 0.342 e.